The van der Waals surface area contributed by atoms with Crippen LogP contribution in [0.3, 0.4) is 0 Å². The van der Waals surface area contributed by atoms with Gasteiger partial charge in [-0.25, -0.2) is 0 Å². The van der Waals surface area contributed by atoms with Crippen LogP contribution in [0.1, 0.15) is 46.5 Å². The van der Waals surface area contributed by atoms with Crippen LogP contribution in [0, 0.1) is 17.8 Å². The van der Waals surface area contributed by atoms with Gasteiger partial charge in [0.05, 0.1) is 0 Å². The van der Waals surface area contributed by atoms with Gasteiger partial charge in [-0.3, -0.25) is 9.80 Å². The summed E-state index contributed by atoms with van der Waals surface area (Å²) in [7, 11) is 0. The highest BCUT2D eigenvalue weighted by Gasteiger charge is 2.44. The maximum absolute atomic E-state index is 2.88. The summed E-state index contributed by atoms with van der Waals surface area (Å²) >= 11 is 0. The van der Waals surface area contributed by atoms with Crippen LogP contribution in [0.15, 0.2) is 0 Å². The molecule has 0 radical (unpaired) electrons. The van der Waals surface area contributed by atoms with Crippen molar-refractivity contribution >= 4 is 0 Å². The molecule has 0 aromatic carbocycles. The van der Waals surface area contributed by atoms with Crippen LogP contribution in [0.2, 0.25) is 0 Å². The summed E-state index contributed by atoms with van der Waals surface area (Å²) in [5.41, 5.74) is 0. The van der Waals surface area contributed by atoms with Crippen molar-refractivity contribution in [3.63, 3.8) is 0 Å². The summed E-state index contributed by atoms with van der Waals surface area (Å²) in [4.78, 5) is 8.36. The third-order valence-electron chi connectivity index (χ3n) is 7.04. The van der Waals surface area contributed by atoms with Crippen LogP contribution in [0.4, 0.5) is 0 Å². The highest BCUT2D eigenvalue weighted by atomic mass is 15.3. The third-order valence-corrected chi connectivity index (χ3v) is 7.04. The van der Waals surface area contributed by atoms with Gasteiger partial charge in [-0.05, 0) is 63.8 Å². The average molecular weight is 306 g/mol. The molecule has 4 aliphatic rings. The Hall–Kier alpha value is -0.120. The van der Waals surface area contributed by atoms with E-state index in [1.807, 2.05) is 0 Å². The summed E-state index contributed by atoms with van der Waals surface area (Å²) in [6.07, 6.45) is 5.84. The number of hydrogen-bond donors (Lipinski definition) is 0. The smallest absolute Gasteiger partial charge is 0.0224 e. The average Bonchev–Trinajstić information content (AvgIpc) is 3.02. The van der Waals surface area contributed by atoms with Crippen molar-refractivity contribution in [2.24, 2.45) is 17.8 Å². The first-order valence-corrected chi connectivity index (χ1v) is 9.82. The molecule has 126 valence electrons. The van der Waals surface area contributed by atoms with E-state index >= 15 is 0 Å². The Kier molecular flexibility index (Phi) is 4.25. The molecule has 0 amide bonds. The van der Waals surface area contributed by atoms with Gasteiger partial charge in [0.1, 0.15) is 0 Å². The van der Waals surface area contributed by atoms with Gasteiger partial charge in [0.15, 0.2) is 0 Å². The fourth-order valence-corrected chi connectivity index (χ4v) is 5.68. The first kappa shape index (κ1) is 15.4. The molecule has 0 aromatic rings. The van der Waals surface area contributed by atoms with E-state index < -0.39 is 0 Å². The number of nitrogens with zero attached hydrogens (tertiary/aromatic N) is 3. The van der Waals surface area contributed by atoms with E-state index in [1.165, 1.54) is 65.0 Å². The lowest BCUT2D eigenvalue weighted by molar-refractivity contribution is 0.00757. The summed E-state index contributed by atoms with van der Waals surface area (Å²) in [6.45, 7) is 15.3. The highest BCUT2D eigenvalue weighted by molar-refractivity contribution is 4.98. The van der Waals surface area contributed by atoms with Gasteiger partial charge >= 0.3 is 0 Å². The molecule has 1 saturated carbocycles. The van der Waals surface area contributed by atoms with Crippen molar-refractivity contribution in [1.82, 2.24) is 14.7 Å². The van der Waals surface area contributed by atoms with Crippen molar-refractivity contribution < 1.29 is 0 Å². The molecule has 22 heavy (non-hydrogen) atoms. The quantitative estimate of drug-likeness (QED) is 0.793. The van der Waals surface area contributed by atoms with Crippen LogP contribution < -0.4 is 0 Å². The van der Waals surface area contributed by atoms with Gasteiger partial charge in [-0.2, -0.15) is 0 Å². The number of hydrogen-bond acceptors (Lipinski definition) is 3. The monoisotopic (exact) mass is 305 g/mol. The van der Waals surface area contributed by atoms with Gasteiger partial charge in [0.25, 0.3) is 0 Å². The zero-order valence-electron chi connectivity index (χ0n) is 14.9. The van der Waals surface area contributed by atoms with Crippen molar-refractivity contribution in [3.8, 4) is 0 Å². The third kappa shape index (κ3) is 2.85. The van der Waals surface area contributed by atoms with Crippen molar-refractivity contribution in [2.75, 3.05) is 39.3 Å². The van der Waals surface area contributed by atoms with E-state index in [4.69, 9.17) is 0 Å². The molecule has 1 aliphatic carbocycles. The Morgan fingerprint density at radius 2 is 1.50 bits per heavy atom. The highest BCUT2D eigenvalue weighted by Crippen LogP contribution is 2.41. The van der Waals surface area contributed by atoms with Gasteiger partial charge in [0.2, 0.25) is 0 Å². The molecule has 0 bridgehead atoms. The second kappa shape index (κ2) is 6.07. The lowest BCUT2D eigenvalue weighted by Crippen LogP contribution is -2.57. The molecule has 3 aliphatic heterocycles. The van der Waals surface area contributed by atoms with E-state index in [-0.39, 0.29) is 0 Å². The maximum Gasteiger partial charge on any atom is 0.0224 e. The Morgan fingerprint density at radius 1 is 0.818 bits per heavy atom. The molecule has 3 atom stereocenters. The van der Waals surface area contributed by atoms with E-state index in [0.717, 1.165) is 35.9 Å². The van der Waals surface area contributed by atoms with Crippen LogP contribution in [-0.4, -0.2) is 72.1 Å². The normalized spacial score (nSPS) is 42.0. The number of fused-ring (bicyclic) bond motifs is 1. The summed E-state index contributed by atoms with van der Waals surface area (Å²) in [6, 6.07) is 2.53. The van der Waals surface area contributed by atoms with Crippen molar-refractivity contribution in [2.45, 2.75) is 64.6 Å². The Balaban J connectivity index is 1.30. The molecule has 0 aromatic heterocycles. The number of piperidine rings is 1. The van der Waals surface area contributed by atoms with Crippen LogP contribution in [0.5, 0.6) is 0 Å². The number of likely N-dealkylation sites (tertiary alicyclic amines) is 3. The zero-order chi connectivity index (χ0) is 15.3. The standard InChI is InChI=1S/C19H35N3/c1-14(2)21-11-16-7-19(8-17(16)12-21)20-6-4-5-18(13-20)22-9-15(3)10-22/h14-19H,4-13H2,1-3H3. The molecular formula is C19H35N3. The van der Waals surface area contributed by atoms with Crippen molar-refractivity contribution in [3.05, 3.63) is 0 Å². The Labute approximate surface area is 137 Å². The Morgan fingerprint density at radius 3 is 2.09 bits per heavy atom. The topological polar surface area (TPSA) is 9.72 Å². The molecular weight excluding hydrogens is 270 g/mol. The van der Waals surface area contributed by atoms with Gasteiger partial charge in [0, 0.05) is 50.8 Å². The van der Waals surface area contributed by atoms with Crippen LogP contribution in [0.25, 0.3) is 0 Å². The predicted molar refractivity (Wildman–Crippen MR) is 92.0 cm³/mol. The predicted octanol–water partition coefficient (Wildman–Crippen LogP) is 2.52. The second-order valence-electron chi connectivity index (χ2n) is 9.04. The maximum atomic E-state index is 2.88. The van der Waals surface area contributed by atoms with E-state index in [9.17, 15) is 0 Å². The lowest BCUT2D eigenvalue weighted by atomic mass is 9.94. The van der Waals surface area contributed by atoms with Crippen LogP contribution >= 0.6 is 0 Å². The van der Waals surface area contributed by atoms with Gasteiger partial charge in [-0.15, -0.1) is 0 Å². The minimum atomic E-state index is 0.747. The van der Waals surface area contributed by atoms with E-state index in [2.05, 4.69) is 35.5 Å². The first-order chi connectivity index (χ1) is 10.6. The fourth-order valence-electron chi connectivity index (χ4n) is 5.68. The van der Waals surface area contributed by atoms with E-state index in [1.54, 1.807) is 0 Å². The second-order valence-corrected chi connectivity index (χ2v) is 9.04. The number of rotatable bonds is 3. The van der Waals surface area contributed by atoms with Gasteiger partial charge in [-0.1, -0.05) is 6.92 Å². The zero-order valence-corrected chi connectivity index (χ0v) is 14.9. The summed E-state index contributed by atoms with van der Waals surface area (Å²) in [5, 5.41) is 0. The lowest BCUT2D eigenvalue weighted by Gasteiger charge is -2.48. The molecule has 4 fully saturated rings. The Bertz CT molecular complexity index is 376. The molecule has 0 N–H and O–H groups in total. The molecule has 3 heteroatoms. The SMILES string of the molecule is CC1CN(C2CCCN(C3CC4CN(C(C)C)CC4C3)C2)C1. The van der Waals surface area contributed by atoms with E-state index in [0.29, 0.717) is 0 Å². The van der Waals surface area contributed by atoms with Crippen LogP contribution in [-0.2, 0) is 0 Å². The minimum Gasteiger partial charge on any atom is -0.300 e. The largest absolute Gasteiger partial charge is 0.300 e. The summed E-state index contributed by atoms with van der Waals surface area (Å²) in [5.74, 6) is 2.94. The minimum absolute atomic E-state index is 0.747. The molecule has 3 unspecified atom stereocenters. The molecule has 4 rings (SSSR count). The first-order valence-electron chi connectivity index (χ1n) is 9.82. The molecule has 0 spiro atoms. The fraction of sp³-hybridized carbons (Fsp3) is 1.00. The summed E-state index contributed by atoms with van der Waals surface area (Å²) < 4.78 is 0. The van der Waals surface area contributed by atoms with Crippen molar-refractivity contribution in [1.29, 1.82) is 0 Å². The molecule has 3 heterocycles. The molecule has 3 saturated heterocycles. The van der Waals surface area contributed by atoms with Gasteiger partial charge < -0.3 is 4.90 Å². The molecule has 3 nitrogen and oxygen atoms in total.